The summed E-state index contributed by atoms with van der Waals surface area (Å²) in [5.41, 5.74) is 0. The van der Waals surface area contributed by atoms with Crippen LogP contribution in [0, 0.1) is 5.92 Å². The van der Waals surface area contributed by atoms with E-state index in [1.165, 1.54) is 0 Å². The first kappa shape index (κ1) is 9.36. The number of carbonyl (C=O) groups is 1. The fourth-order valence-electron chi connectivity index (χ4n) is 1.88. The van der Waals surface area contributed by atoms with Crippen LogP contribution in [0.2, 0.25) is 0 Å². The molecule has 0 aliphatic carbocycles. The topological polar surface area (TPSA) is 32.3 Å². The fraction of sp³-hybridized carbons (Fsp3) is 0.889. The second kappa shape index (κ2) is 3.78. The summed E-state index contributed by atoms with van der Waals surface area (Å²) in [5, 5.41) is 2.68. The molecule has 1 atom stereocenters. The lowest BCUT2D eigenvalue weighted by Crippen LogP contribution is -2.43. The molecule has 1 N–H and O–H groups in total. The first-order valence-corrected chi connectivity index (χ1v) is 4.65. The molecular formula is C9H18N2O. The van der Waals surface area contributed by atoms with E-state index in [2.05, 4.69) is 19.2 Å². The van der Waals surface area contributed by atoms with Gasteiger partial charge in [-0.15, -0.1) is 0 Å². The minimum absolute atomic E-state index is 0.0752. The van der Waals surface area contributed by atoms with Crippen LogP contribution in [0.25, 0.3) is 0 Å². The predicted molar refractivity (Wildman–Crippen MR) is 49.0 cm³/mol. The molecule has 3 nitrogen and oxygen atoms in total. The van der Waals surface area contributed by atoms with Crippen LogP contribution >= 0.6 is 0 Å². The second-order valence-corrected chi connectivity index (χ2v) is 3.70. The van der Waals surface area contributed by atoms with Crippen LogP contribution in [0.3, 0.4) is 0 Å². The number of hydrogen-bond donors (Lipinski definition) is 1. The van der Waals surface area contributed by atoms with E-state index < -0.39 is 0 Å². The van der Waals surface area contributed by atoms with Crippen molar-refractivity contribution in [3.05, 3.63) is 0 Å². The van der Waals surface area contributed by atoms with E-state index >= 15 is 0 Å². The number of urea groups is 1. The third kappa shape index (κ3) is 1.71. The highest BCUT2D eigenvalue weighted by Crippen LogP contribution is 2.23. The van der Waals surface area contributed by atoms with Crippen molar-refractivity contribution in [3.63, 3.8) is 0 Å². The average Bonchev–Trinajstić information content (AvgIpc) is 2.50. The molecule has 0 aromatic rings. The van der Waals surface area contributed by atoms with Crippen LogP contribution in [-0.4, -0.2) is 30.6 Å². The third-order valence-electron chi connectivity index (χ3n) is 2.54. The zero-order valence-electron chi connectivity index (χ0n) is 8.13. The smallest absolute Gasteiger partial charge is 0.317 e. The molecule has 0 saturated carbocycles. The summed E-state index contributed by atoms with van der Waals surface area (Å²) >= 11 is 0. The molecule has 1 aliphatic heterocycles. The summed E-state index contributed by atoms with van der Waals surface area (Å²) in [6.07, 6.45) is 2.31. The zero-order valence-corrected chi connectivity index (χ0v) is 8.13. The number of amides is 2. The second-order valence-electron chi connectivity index (χ2n) is 3.70. The van der Waals surface area contributed by atoms with Gasteiger partial charge in [0.1, 0.15) is 0 Å². The van der Waals surface area contributed by atoms with Crippen molar-refractivity contribution >= 4 is 6.03 Å². The maximum absolute atomic E-state index is 11.3. The predicted octanol–water partition coefficient (Wildman–Crippen LogP) is 1.45. The minimum Gasteiger partial charge on any atom is -0.341 e. The van der Waals surface area contributed by atoms with Crippen molar-refractivity contribution in [3.8, 4) is 0 Å². The minimum atomic E-state index is 0.0752. The lowest BCUT2D eigenvalue weighted by atomic mass is 10.0. The fourth-order valence-corrected chi connectivity index (χ4v) is 1.88. The van der Waals surface area contributed by atoms with Crippen LogP contribution in [0.15, 0.2) is 0 Å². The van der Waals surface area contributed by atoms with Gasteiger partial charge in [-0.3, -0.25) is 0 Å². The average molecular weight is 170 g/mol. The van der Waals surface area contributed by atoms with Crippen molar-refractivity contribution in [2.24, 2.45) is 5.92 Å². The Morgan fingerprint density at radius 2 is 2.25 bits per heavy atom. The summed E-state index contributed by atoms with van der Waals surface area (Å²) in [6.45, 7) is 5.26. The van der Waals surface area contributed by atoms with Crippen molar-refractivity contribution in [1.82, 2.24) is 10.2 Å². The molecule has 0 spiro atoms. The molecule has 0 bridgehead atoms. The maximum Gasteiger partial charge on any atom is 0.317 e. The number of rotatable bonds is 1. The lowest BCUT2D eigenvalue weighted by molar-refractivity contribution is 0.181. The molecule has 1 unspecified atom stereocenters. The third-order valence-corrected chi connectivity index (χ3v) is 2.54. The van der Waals surface area contributed by atoms with Crippen LogP contribution in [0.1, 0.15) is 26.7 Å². The Balaban J connectivity index is 2.57. The van der Waals surface area contributed by atoms with Crippen molar-refractivity contribution in [2.75, 3.05) is 13.6 Å². The normalized spacial score (nSPS) is 23.3. The summed E-state index contributed by atoms with van der Waals surface area (Å²) < 4.78 is 0. The summed E-state index contributed by atoms with van der Waals surface area (Å²) in [5.74, 6) is 0.574. The Bertz CT molecular complexity index is 168. The van der Waals surface area contributed by atoms with E-state index in [9.17, 15) is 4.79 Å². The van der Waals surface area contributed by atoms with Crippen molar-refractivity contribution in [1.29, 1.82) is 0 Å². The highest BCUT2D eigenvalue weighted by molar-refractivity contribution is 5.74. The molecule has 70 valence electrons. The van der Waals surface area contributed by atoms with E-state index in [0.29, 0.717) is 12.0 Å². The van der Waals surface area contributed by atoms with Gasteiger partial charge in [0, 0.05) is 19.6 Å². The van der Waals surface area contributed by atoms with Crippen LogP contribution in [0.4, 0.5) is 4.79 Å². The molecule has 3 heteroatoms. The van der Waals surface area contributed by atoms with Crippen LogP contribution in [0.5, 0.6) is 0 Å². The van der Waals surface area contributed by atoms with E-state index in [1.807, 2.05) is 4.90 Å². The molecule has 0 radical (unpaired) electrons. The van der Waals surface area contributed by atoms with Crippen LogP contribution < -0.4 is 5.32 Å². The van der Waals surface area contributed by atoms with Gasteiger partial charge >= 0.3 is 6.03 Å². The Labute approximate surface area is 74.1 Å². The molecular weight excluding hydrogens is 152 g/mol. The van der Waals surface area contributed by atoms with Crippen LogP contribution in [-0.2, 0) is 0 Å². The summed E-state index contributed by atoms with van der Waals surface area (Å²) in [6, 6.07) is 0.524. The highest BCUT2D eigenvalue weighted by Gasteiger charge is 2.29. The first-order valence-electron chi connectivity index (χ1n) is 4.65. The highest BCUT2D eigenvalue weighted by atomic mass is 16.2. The number of likely N-dealkylation sites (tertiary alicyclic amines) is 1. The van der Waals surface area contributed by atoms with E-state index in [0.717, 1.165) is 19.4 Å². The number of nitrogens with zero attached hydrogens (tertiary/aromatic N) is 1. The standard InChI is InChI=1S/C9H18N2O/c1-7(2)8-5-4-6-11(8)9(12)10-3/h7-8H,4-6H2,1-3H3,(H,10,12). The number of nitrogens with one attached hydrogen (secondary N) is 1. The van der Waals surface area contributed by atoms with Crippen molar-refractivity contribution in [2.45, 2.75) is 32.7 Å². The molecule has 0 aromatic carbocycles. The van der Waals surface area contributed by atoms with Gasteiger partial charge < -0.3 is 10.2 Å². The van der Waals surface area contributed by atoms with E-state index in [-0.39, 0.29) is 6.03 Å². The maximum atomic E-state index is 11.3. The Morgan fingerprint density at radius 3 is 2.75 bits per heavy atom. The molecule has 1 heterocycles. The lowest BCUT2D eigenvalue weighted by Gasteiger charge is -2.27. The SMILES string of the molecule is CNC(=O)N1CCCC1C(C)C. The van der Waals surface area contributed by atoms with Gasteiger partial charge in [0.15, 0.2) is 0 Å². The Hall–Kier alpha value is -0.730. The molecule has 12 heavy (non-hydrogen) atoms. The molecule has 1 rings (SSSR count). The van der Waals surface area contributed by atoms with Gasteiger partial charge in [0.05, 0.1) is 0 Å². The first-order chi connectivity index (χ1) is 5.66. The van der Waals surface area contributed by atoms with Gasteiger partial charge in [-0.05, 0) is 18.8 Å². The molecule has 2 amide bonds. The van der Waals surface area contributed by atoms with Gasteiger partial charge in [0.2, 0.25) is 0 Å². The number of hydrogen-bond acceptors (Lipinski definition) is 1. The quantitative estimate of drug-likeness (QED) is 0.634. The van der Waals surface area contributed by atoms with E-state index in [1.54, 1.807) is 7.05 Å². The molecule has 0 aromatic heterocycles. The largest absolute Gasteiger partial charge is 0.341 e. The molecule has 1 aliphatic rings. The van der Waals surface area contributed by atoms with Gasteiger partial charge in [0.25, 0.3) is 0 Å². The van der Waals surface area contributed by atoms with Gasteiger partial charge in [-0.25, -0.2) is 4.79 Å². The monoisotopic (exact) mass is 170 g/mol. The van der Waals surface area contributed by atoms with Crippen molar-refractivity contribution < 1.29 is 4.79 Å². The number of carbonyl (C=O) groups excluding carboxylic acids is 1. The summed E-state index contributed by atoms with van der Waals surface area (Å²) in [4.78, 5) is 13.3. The van der Waals surface area contributed by atoms with E-state index in [4.69, 9.17) is 0 Å². The summed E-state index contributed by atoms with van der Waals surface area (Å²) in [7, 11) is 1.69. The molecule has 1 fully saturated rings. The zero-order chi connectivity index (χ0) is 9.14. The van der Waals surface area contributed by atoms with Gasteiger partial charge in [-0.1, -0.05) is 13.8 Å². The van der Waals surface area contributed by atoms with Gasteiger partial charge in [-0.2, -0.15) is 0 Å². The molecule has 1 saturated heterocycles. The Kier molecular flexibility index (Phi) is 2.95. The Morgan fingerprint density at radius 1 is 1.58 bits per heavy atom.